The molecule has 0 spiro atoms. The van der Waals surface area contributed by atoms with Gasteiger partial charge in [0.25, 0.3) is 5.91 Å². The predicted octanol–water partition coefficient (Wildman–Crippen LogP) is 2.76. The summed E-state index contributed by atoms with van der Waals surface area (Å²) in [6.45, 7) is 0. The maximum absolute atomic E-state index is 11.3. The van der Waals surface area contributed by atoms with Crippen LogP contribution in [0.3, 0.4) is 0 Å². The molecule has 6 heteroatoms. The topological polar surface area (TPSA) is 96.3 Å². The molecule has 1 heterocycles. The number of ether oxygens (including phenoxy) is 1. The second kappa shape index (κ2) is 5.47. The molecule has 2 aromatic carbocycles. The molecule has 5 nitrogen and oxygen atoms in total. The molecule has 0 aliphatic carbocycles. The molecule has 108 valence electrons. The summed E-state index contributed by atoms with van der Waals surface area (Å²) in [6, 6.07) is 14.2. The van der Waals surface area contributed by atoms with Crippen molar-refractivity contribution in [2.75, 3.05) is 0 Å². The molecular weight excluding hydrogens is 300 g/mol. The Morgan fingerprint density at radius 2 is 2.00 bits per heavy atom. The van der Waals surface area contributed by atoms with E-state index in [1.165, 1.54) is 6.07 Å². The fraction of sp³-hybridized carbons (Fsp3) is 0. The number of phenolic OH excluding ortho intramolecular Hbond substituents is 1. The summed E-state index contributed by atoms with van der Waals surface area (Å²) < 4.78 is 5.67. The van der Waals surface area contributed by atoms with Crippen molar-refractivity contribution in [3.8, 4) is 28.7 Å². The Hall–Kier alpha value is -2.91. The van der Waals surface area contributed by atoms with Crippen molar-refractivity contribution >= 4 is 17.7 Å². The Balaban J connectivity index is 2.15. The van der Waals surface area contributed by atoms with E-state index in [2.05, 4.69) is 0 Å². The zero-order valence-electron chi connectivity index (χ0n) is 11.2. The van der Waals surface area contributed by atoms with Crippen LogP contribution in [0.5, 0.6) is 11.5 Å². The number of thioether (sulfide) groups is 1. The van der Waals surface area contributed by atoms with Crippen LogP contribution < -0.4 is 10.5 Å². The molecule has 1 aliphatic rings. The highest BCUT2D eigenvalue weighted by atomic mass is 32.2. The highest BCUT2D eigenvalue weighted by Gasteiger charge is 2.28. The number of carbonyl (C=O) groups is 1. The fourth-order valence-corrected chi connectivity index (χ4v) is 3.11. The summed E-state index contributed by atoms with van der Waals surface area (Å²) >= 11 is 1.09. The molecule has 22 heavy (non-hydrogen) atoms. The number of nitrogens with two attached hydrogens (primary N) is 1. The molecule has 0 aromatic heterocycles. The van der Waals surface area contributed by atoms with Crippen LogP contribution in [-0.2, 0) is 4.79 Å². The Bertz CT molecular complexity index is 838. The van der Waals surface area contributed by atoms with E-state index in [4.69, 9.17) is 15.7 Å². The fourth-order valence-electron chi connectivity index (χ4n) is 2.12. The first-order valence-electron chi connectivity index (χ1n) is 6.32. The van der Waals surface area contributed by atoms with Gasteiger partial charge in [-0.25, -0.2) is 0 Å². The number of amides is 1. The quantitative estimate of drug-likeness (QED) is 0.656. The standard InChI is InChI=1S/C16H10N2O3S/c17-8-12(15(18)20)16-21-14-11(9-4-2-1-3-5-9)6-10(19)7-13(14)22-16/h1-7,19H,(H2,18,20)/b16-12+. The van der Waals surface area contributed by atoms with Gasteiger partial charge in [0, 0.05) is 5.56 Å². The van der Waals surface area contributed by atoms with Gasteiger partial charge in [-0.1, -0.05) is 30.3 Å². The van der Waals surface area contributed by atoms with Gasteiger partial charge in [-0.3, -0.25) is 4.79 Å². The third kappa shape index (κ3) is 2.38. The molecule has 2 aromatic rings. The van der Waals surface area contributed by atoms with Gasteiger partial charge in [-0.2, -0.15) is 5.26 Å². The van der Waals surface area contributed by atoms with Crippen molar-refractivity contribution in [2.45, 2.75) is 4.90 Å². The smallest absolute Gasteiger partial charge is 0.263 e. The number of benzene rings is 2. The van der Waals surface area contributed by atoms with Gasteiger partial charge in [-0.15, -0.1) is 0 Å². The molecule has 0 unspecified atom stereocenters. The van der Waals surface area contributed by atoms with E-state index in [9.17, 15) is 9.90 Å². The third-order valence-corrected chi connectivity index (χ3v) is 4.08. The van der Waals surface area contributed by atoms with E-state index in [0.717, 1.165) is 17.3 Å². The molecule has 0 saturated heterocycles. The number of fused-ring (bicyclic) bond motifs is 1. The minimum absolute atomic E-state index is 0.0764. The van der Waals surface area contributed by atoms with E-state index in [1.807, 2.05) is 30.3 Å². The SMILES string of the molecule is N#C/C(C(N)=O)=C1/Oc2c(cc(O)cc2-c2ccccc2)S1. The van der Waals surface area contributed by atoms with Gasteiger partial charge in [0.15, 0.2) is 10.7 Å². The van der Waals surface area contributed by atoms with Crippen molar-refractivity contribution in [1.82, 2.24) is 0 Å². The molecule has 0 saturated carbocycles. The van der Waals surface area contributed by atoms with E-state index in [1.54, 1.807) is 12.1 Å². The number of hydrogen-bond donors (Lipinski definition) is 2. The summed E-state index contributed by atoms with van der Waals surface area (Å²) in [7, 11) is 0. The highest BCUT2D eigenvalue weighted by Crippen LogP contribution is 2.50. The van der Waals surface area contributed by atoms with Crippen LogP contribution in [0.4, 0.5) is 0 Å². The molecule has 0 fully saturated rings. The Kier molecular flexibility index (Phi) is 3.49. The molecule has 0 bridgehead atoms. The van der Waals surface area contributed by atoms with Gasteiger partial charge < -0.3 is 15.6 Å². The van der Waals surface area contributed by atoms with Crippen molar-refractivity contribution in [2.24, 2.45) is 5.73 Å². The number of nitrogens with zero attached hydrogens (tertiary/aromatic N) is 1. The van der Waals surface area contributed by atoms with Gasteiger partial charge in [0.05, 0.1) is 4.90 Å². The average Bonchev–Trinajstić information content (AvgIpc) is 2.90. The van der Waals surface area contributed by atoms with Crippen LogP contribution in [0.1, 0.15) is 0 Å². The lowest BCUT2D eigenvalue weighted by Gasteiger charge is -2.08. The number of aromatic hydroxyl groups is 1. The summed E-state index contributed by atoms with van der Waals surface area (Å²) in [4.78, 5) is 11.9. The first-order chi connectivity index (χ1) is 10.6. The summed E-state index contributed by atoms with van der Waals surface area (Å²) in [5.74, 6) is -0.270. The number of hydrogen-bond acceptors (Lipinski definition) is 5. The second-order valence-corrected chi connectivity index (χ2v) is 5.54. The second-order valence-electron chi connectivity index (χ2n) is 4.53. The molecule has 3 N–H and O–H groups in total. The van der Waals surface area contributed by atoms with Crippen LogP contribution in [0, 0.1) is 11.3 Å². The van der Waals surface area contributed by atoms with Crippen LogP contribution in [-0.4, -0.2) is 11.0 Å². The number of primary amides is 1. The number of phenols is 1. The third-order valence-electron chi connectivity index (χ3n) is 3.08. The van der Waals surface area contributed by atoms with E-state index in [0.29, 0.717) is 16.2 Å². The molecule has 1 amide bonds. The highest BCUT2D eigenvalue weighted by molar-refractivity contribution is 8.03. The first kappa shape index (κ1) is 14.0. The maximum Gasteiger partial charge on any atom is 0.263 e. The summed E-state index contributed by atoms with van der Waals surface area (Å²) in [5, 5.41) is 19.0. The zero-order chi connectivity index (χ0) is 15.7. The maximum atomic E-state index is 11.3. The van der Waals surface area contributed by atoms with Gasteiger partial charge >= 0.3 is 0 Å². The number of carbonyl (C=O) groups excluding carboxylic acids is 1. The first-order valence-corrected chi connectivity index (χ1v) is 7.14. The molecule has 0 radical (unpaired) electrons. The van der Waals surface area contributed by atoms with Crippen molar-refractivity contribution < 1.29 is 14.6 Å². The van der Waals surface area contributed by atoms with Crippen LogP contribution in [0.25, 0.3) is 11.1 Å². The van der Waals surface area contributed by atoms with Gasteiger partial charge in [0.1, 0.15) is 17.6 Å². The Morgan fingerprint density at radius 3 is 2.64 bits per heavy atom. The van der Waals surface area contributed by atoms with Gasteiger partial charge in [0.2, 0.25) is 0 Å². The minimum Gasteiger partial charge on any atom is -0.508 e. The van der Waals surface area contributed by atoms with Crippen molar-refractivity contribution in [3.05, 3.63) is 53.1 Å². The number of nitriles is 1. The van der Waals surface area contributed by atoms with Crippen LogP contribution in [0.15, 0.2) is 58.0 Å². The summed E-state index contributed by atoms with van der Waals surface area (Å²) in [5.41, 5.74) is 6.48. The molecular formula is C16H10N2O3S. The number of rotatable bonds is 2. The van der Waals surface area contributed by atoms with Crippen molar-refractivity contribution in [3.63, 3.8) is 0 Å². The largest absolute Gasteiger partial charge is 0.508 e. The lowest BCUT2D eigenvalue weighted by molar-refractivity contribution is -0.114. The molecule has 0 atom stereocenters. The molecule has 1 aliphatic heterocycles. The average molecular weight is 310 g/mol. The van der Waals surface area contributed by atoms with Crippen LogP contribution in [0.2, 0.25) is 0 Å². The van der Waals surface area contributed by atoms with E-state index in [-0.39, 0.29) is 16.4 Å². The van der Waals surface area contributed by atoms with E-state index >= 15 is 0 Å². The van der Waals surface area contributed by atoms with Crippen LogP contribution >= 0.6 is 11.8 Å². The van der Waals surface area contributed by atoms with Crippen molar-refractivity contribution in [1.29, 1.82) is 5.26 Å². The normalized spacial score (nSPS) is 14.7. The summed E-state index contributed by atoms with van der Waals surface area (Å²) in [6.07, 6.45) is 0. The van der Waals surface area contributed by atoms with E-state index < -0.39 is 5.91 Å². The minimum atomic E-state index is -0.844. The zero-order valence-corrected chi connectivity index (χ0v) is 12.1. The predicted molar refractivity (Wildman–Crippen MR) is 81.9 cm³/mol. The molecule has 3 rings (SSSR count). The lowest BCUT2D eigenvalue weighted by atomic mass is 10.0. The Morgan fingerprint density at radius 1 is 1.27 bits per heavy atom. The Labute approximate surface area is 130 Å². The monoisotopic (exact) mass is 310 g/mol. The lowest BCUT2D eigenvalue weighted by Crippen LogP contribution is -2.15. The van der Waals surface area contributed by atoms with Gasteiger partial charge in [-0.05, 0) is 29.5 Å².